The van der Waals surface area contributed by atoms with Crippen molar-refractivity contribution in [3.05, 3.63) is 35.5 Å². The third kappa shape index (κ3) is 2.98. The van der Waals surface area contributed by atoms with Crippen molar-refractivity contribution in [1.29, 1.82) is 0 Å². The number of nitrogens with one attached hydrogen (secondary N) is 1. The molecule has 0 saturated carbocycles. The first-order valence-corrected chi connectivity index (χ1v) is 6.91. The number of H-pyrrole nitrogens is 1. The molecule has 1 unspecified atom stereocenters. The van der Waals surface area contributed by atoms with Gasteiger partial charge in [0.1, 0.15) is 0 Å². The van der Waals surface area contributed by atoms with Gasteiger partial charge in [-0.25, -0.2) is 0 Å². The number of fused-ring (bicyclic) bond motifs is 1. The topological polar surface area (TPSA) is 42.1 Å². The van der Waals surface area contributed by atoms with Gasteiger partial charge in [0.05, 0.1) is 13.0 Å². The summed E-state index contributed by atoms with van der Waals surface area (Å²) < 4.78 is 4.99. The Morgan fingerprint density at radius 2 is 2.16 bits per heavy atom. The number of carbonyl (C=O) groups excluding carboxylic acids is 1. The molecule has 0 radical (unpaired) electrons. The van der Waals surface area contributed by atoms with Crippen LogP contribution < -0.4 is 0 Å². The van der Waals surface area contributed by atoms with E-state index in [0.717, 1.165) is 22.9 Å². The minimum Gasteiger partial charge on any atom is -0.466 e. The molecule has 19 heavy (non-hydrogen) atoms. The van der Waals surface area contributed by atoms with E-state index >= 15 is 0 Å². The molecule has 2 rings (SSSR count). The van der Waals surface area contributed by atoms with E-state index in [2.05, 4.69) is 37.0 Å². The maximum absolute atomic E-state index is 11.5. The fraction of sp³-hybridized carbons (Fsp3) is 0.438. The maximum atomic E-state index is 11.5. The van der Waals surface area contributed by atoms with Gasteiger partial charge in [-0.05, 0) is 36.5 Å². The molecule has 0 fully saturated rings. The molecule has 1 N–H and O–H groups in total. The second-order valence-corrected chi connectivity index (χ2v) is 4.91. The van der Waals surface area contributed by atoms with Gasteiger partial charge in [-0.1, -0.05) is 26.0 Å². The fourth-order valence-electron chi connectivity index (χ4n) is 2.26. The minimum atomic E-state index is -0.172. The lowest BCUT2D eigenvalue weighted by molar-refractivity contribution is -0.142. The zero-order chi connectivity index (χ0) is 13.8. The van der Waals surface area contributed by atoms with Gasteiger partial charge in [-0.2, -0.15) is 0 Å². The average Bonchev–Trinajstić information content (AvgIpc) is 2.80. The Kier molecular flexibility index (Phi) is 4.25. The standard InChI is InChI=1S/C16H21NO2/c1-4-11(3)12-6-7-14-13(9-16(18)19-5-2)10-17-15(14)8-12/h6-8,10-11,17H,4-5,9H2,1-3H3. The van der Waals surface area contributed by atoms with Crippen LogP contribution in [0.2, 0.25) is 0 Å². The summed E-state index contributed by atoms with van der Waals surface area (Å²) >= 11 is 0. The predicted octanol–water partition coefficient (Wildman–Crippen LogP) is 3.79. The van der Waals surface area contributed by atoms with Crippen LogP contribution in [0.4, 0.5) is 0 Å². The van der Waals surface area contributed by atoms with Gasteiger partial charge in [-0.15, -0.1) is 0 Å². The van der Waals surface area contributed by atoms with Crippen LogP contribution in [0.25, 0.3) is 10.9 Å². The highest BCUT2D eigenvalue weighted by Gasteiger charge is 2.11. The molecule has 0 bridgehead atoms. The highest BCUT2D eigenvalue weighted by atomic mass is 16.5. The summed E-state index contributed by atoms with van der Waals surface area (Å²) in [6.45, 7) is 6.67. The lowest BCUT2D eigenvalue weighted by atomic mass is 9.97. The SMILES string of the molecule is CCOC(=O)Cc1c[nH]c2cc(C(C)CC)ccc12. The third-order valence-corrected chi connectivity index (χ3v) is 3.61. The average molecular weight is 259 g/mol. The second kappa shape index (κ2) is 5.91. The predicted molar refractivity (Wildman–Crippen MR) is 77.3 cm³/mol. The van der Waals surface area contributed by atoms with E-state index < -0.39 is 0 Å². The summed E-state index contributed by atoms with van der Waals surface area (Å²) in [5, 5.41) is 1.11. The van der Waals surface area contributed by atoms with Crippen LogP contribution in [-0.4, -0.2) is 17.6 Å². The van der Waals surface area contributed by atoms with E-state index in [1.54, 1.807) is 0 Å². The Labute approximate surface area is 114 Å². The first-order valence-electron chi connectivity index (χ1n) is 6.91. The molecule has 0 saturated heterocycles. The summed E-state index contributed by atoms with van der Waals surface area (Å²) in [6, 6.07) is 6.43. The Morgan fingerprint density at radius 3 is 2.84 bits per heavy atom. The molecule has 1 aromatic carbocycles. The number of carbonyl (C=O) groups is 1. The number of aromatic amines is 1. The first kappa shape index (κ1) is 13.7. The Bertz CT molecular complexity index is 571. The van der Waals surface area contributed by atoms with E-state index in [4.69, 9.17) is 4.74 Å². The van der Waals surface area contributed by atoms with Gasteiger partial charge >= 0.3 is 5.97 Å². The monoisotopic (exact) mass is 259 g/mol. The maximum Gasteiger partial charge on any atom is 0.310 e. The number of hydrogen-bond acceptors (Lipinski definition) is 2. The van der Waals surface area contributed by atoms with Gasteiger partial charge in [0.15, 0.2) is 0 Å². The highest BCUT2D eigenvalue weighted by molar-refractivity contribution is 5.87. The number of aromatic nitrogens is 1. The van der Waals surface area contributed by atoms with Crippen molar-refractivity contribution in [1.82, 2.24) is 4.98 Å². The minimum absolute atomic E-state index is 0.172. The van der Waals surface area contributed by atoms with Gasteiger partial charge < -0.3 is 9.72 Å². The van der Waals surface area contributed by atoms with Crippen molar-refractivity contribution in [2.24, 2.45) is 0 Å². The van der Waals surface area contributed by atoms with Crippen molar-refractivity contribution in [3.8, 4) is 0 Å². The van der Waals surface area contributed by atoms with Crippen LogP contribution in [0.15, 0.2) is 24.4 Å². The molecule has 3 heteroatoms. The van der Waals surface area contributed by atoms with Gasteiger partial charge in [0.25, 0.3) is 0 Å². The zero-order valence-corrected chi connectivity index (χ0v) is 11.8. The molecule has 3 nitrogen and oxygen atoms in total. The number of benzene rings is 1. The molecule has 0 spiro atoms. The molecule has 0 aliphatic rings. The van der Waals surface area contributed by atoms with Crippen LogP contribution in [0.3, 0.4) is 0 Å². The van der Waals surface area contributed by atoms with Crippen LogP contribution >= 0.6 is 0 Å². The van der Waals surface area contributed by atoms with E-state index in [-0.39, 0.29) is 5.97 Å². The van der Waals surface area contributed by atoms with Gasteiger partial charge in [0.2, 0.25) is 0 Å². The Morgan fingerprint density at radius 1 is 1.37 bits per heavy atom. The molecule has 102 valence electrons. The molecule has 1 heterocycles. The van der Waals surface area contributed by atoms with E-state index in [1.807, 2.05) is 13.1 Å². The highest BCUT2D eigenvalue weighted by Crippen LogP contribution is 2.25. The summed E-state index contributed by atoms with van der Waals surface area (Å²) in [5.74, 6) is 0.385. The molecule has 1 aromatic heterocycles. The molecule has 2 aromatic rings. The number of esters is 1. The van der Waals surface area contributed by atoms with Crippen molar-refractivity contribution in [2.75, 3.05) is 6.61 Å². The first-order chi connectivity index (χ1) is 9.15. The summed E-state index contributed by atoms with van der Waals surface area (Å²) in [6.07, 6.45) is 3.36. The zero-order valence-electron chi connectivity index (χ0n) is 11.8. The van der Waals surface area contributed by atoms with Crippen LogP contribution in [0.1, 0.15) is 44.2 Å². The Balaban J connectivity index is 2.26. The number of rotatable bonds is 5. The van der Waals surface area contributed by atoms with E-state index in [9.17, 15) is 4.79 Å². The lowest BCUT2D eigenvalue weighted by Gasteiger charge is -2.08. The van der Waals surface area contributed by atoms with Crippen LogP contribution in [-0.2, 0) is 16.0 Å². The Hall–Kier alpha value is -1.77. The third-order valence-electron chi connectivity index (χ3n) is 3.61. The van der Waals surface area contributed by atoms with Gasteiger partial charge in [-0.3, -0.25) is 4.79 Å². The fourth-order valence-corrected chi connectivity index (χ4v) is 2.26. The van der Waals surface area contributed by atoms with Crippen molar-refractivity contribution in [3.63, 3.8) is 0 Å². The normalized spacial score (nSPS) is 12.6. The largest absolute Gasteiger partial charge is 0.466 e. The molecule has 0 aliphatic carbocycles. The number of hydrogen-bond donors (Lipinski definition) is 1. The molecular formula is C16H21NO2. The molecule has 0 aliphatic heterocycles. The second-order valence-electron chi connectivity index (χ2n) is 4.91. The molecular weight excluding hydrogens is 238 g/mol. The van der Waals surface area contributed by atoms with Crippen molar-refractivity contribution in [2.45, 2.75) is 39.5 Å². The molecule has 1 atom stereocenters. The summed E-state index contributed by atoms with van der Waals surface area (Å²) in [5.41, 5.74) is 3.43. The quantitative estimate of drug-likeness (QED) is 0.830. The van der Waals surface area contributed by atoms with Crippen LogP contribution in [0.5, 0.6) is 0 Å². The van der Waals surface area contributed by atoms with Gasteiger partial charge in [0, 0.05) is 17.1 Å². The van der Waals surface area contributed by atoms with Crippen molar-refractivity contribution < 1.29 is 9.53 Å². The van der Waals surface area contributed by atoms with Crippen molar-refractivity contribution >= 4 is 16.9 Å². The van der Waals surface area contributed by atoms with E-state index in [1.165, 1.54) is 5.56 Å². The lowest BCUT2D eigenvalue weighted by Crippen LogP contribution is -2.06. The molecule has 0 amide bonds. The van der Waals surface area contributed by atoms with E-state index in [0.29, 0.717) is 18.9 Å². The van der Waals surface area contributed by atoms with Crippen LogP contribution in [0, 0.1) is 0 Å². The summed E-state index contributed by atoms with van der Waals surface area (Å²) in [7, 11) is 0. The smallest absolute Gasteiger partial charge is 0.310 e. The summed E-state index contributed by atoms with van der Waals surface area (Å²) in [4.78, 5) is 14.8. The number of ether oxygens (including phenoxy) is 1.